The average molecular weight is 406 g/mol. The lowest BCUT2D eigenvalue weighted by Gasteiger charge is -2.24. The van der Waals surface area contributed by atoms with Gasteiger partial charge in [-0.25, -0.2) is 4.79 Å². The second-order valence-electron chi connectivity index (χ2n) is 6.08. The van der Waals surface area contributed by atoms with Gasteiger partial charge in [-0.05, 0) is 20.3 Å². The van der Waals surface area contributed by atoms with E-state index in [1.807, 2.05) is 0 Å². The number of rotatable bonds is 12. The van der Waals surface area contributed by atoms with Gasteiger partial charge in [0.2, 0.25) is 17.7 Å². The number of aliphatic hydroxyl groups is 2. The van der Waals surface area contributed by atoms with Crippen molar-refractivity contribution in [2.75, 3.05) is 6.61 Å². The van der Waals surface area contributed by atoms with Crippen LogP contribution in [-0.4, -0.2) is 87.0 Å². The number of carboxylic acids is 2. The lowest BCUT2D eigenvalue weighted by Crippen LogP contribution is -2.59. The summed E-state index contributed by atoms with van der Waals surface area (Å²) in [6.45, 7) is 1.74. The molecule has 0 aromatic heterocycles. The van der Waals surface area contributed by atoms with Crippen LogP contribution in [0.2, 0.25) is 0 Å². The third-order valence-corrected chi connectivity index (χ3v) is 3.61. The minimum atomic E-state index is -1.48. The number of carbonyl (C=O) groups excluding carboxylic acids is 3. The van der Waals surface area contributed by atoms with Crippen LogP contribution in [0, 0.1) is 0 Å². The van der Waals surface area contributed by atoms with E-state index < -0.39 is 73.0 Å². The predicted molar refractivity (Wildman–Crippen MR) is 92.7 cm³/mol. The third-order valence-electron chi connectivity index (χ3n) is 3.61. The molecule has 5 atom stereocenters. The van der Waals surface area contributed by atoms with E-state index in [4.69, 9.17) is 21.1 Å². The summed E-state index contributed by atoms with van der Waals surface area (Å²) in [6.07, 6.45) is -2.21. The van der Waals surface area contributed by atoms with Crippen molar-refractivity contribution in [3.05, 3.63) is 0 Å². The monoisotopic (exact) mass is 406 g/mol. The Kier molecular flexibility index (Phi) is 10.7. The zero-order valence-electron chi connectivity index (χ0n) is 15.4. The molecule has 13 heteroatoms. The highest BCUT2D eigenvalue weighted by molar-refractivity contribution is 5.94. The quantitative estimate of drug-likeness (QED) is 0.157. The summed E-state index contributed by atoms with van der Waals surface area (Å²) >= 11 is 0. The summed E-state index contributed by atoms with van der Waals surface area (Å²) in [6, 6.07) is -5.54. The number of carboxylic acid groups (broad SMARTS) is 2. The van der Waals surface area contributed by atoms with Gasteiger partial charge in [0.05, 0.1) is 12.7 Å². The van der Waals surface area contributed by atoms with E-state index in [-0.39, 0.29) is 6.42 Å². The van der Waals surface area contributed by atoms with Crippen LogP contribution in [0.25, 0.3) is 0 Å². The molecular formula is C15H26N4O9. The molecule has 160 valence electrons. The minimum absolute atomic E-state index is 0.359. The summed E-state index contributed by atoms with van der Waals surface area (Å²) in [5.74, 6) is -5.44. The number of nitrogens with two attached hydrogens (primary N) is 1. The van der Waals surface area contributed by atoms with Crippen molar-refractivity contribution in [2.45, 2.75) is 57.0 Å². The first kappa shape index (κ1) is 25.2. The van der Waals surface area contributed by atoms with E-state index >= 15 is 0 Å². The Hall–Kier alpha value is -2.77. The molecule has 0 radical (unpaired) electrons. The zero-order chi connectivity index (χ0) is 22.0. The number of nitrogens with one attached hydrogen (secondary N) is 3. The highest BCUT2D eigenvalue weighted by Crippen LogP contribution is 2.00. The number of hydrogen-bond acceptors (Lipinski definition) is 8. The normalized spacial score (nSPS) is 16.0. The summed E-state index contributed by atoms with van der Waals surface area (Å²) < 4.78 is 0. The molecule has 9 N–H and O–H groups in total. The Morgan fingerprint density at radius 1 is 0.929 bits per heavy atom. The Bertz CT molecular complexity index is 596. The Morgan fingerprint density at radius 3 is 1.93 bits per heavy atom. The molecule has 0 heterocycles. The van der Waals surface area contributed by atoms with E-state index in [1.54, 1.807) is 0 Å². The van der Waals surface area contributed by atoms with Crippen molar-refractivity contribution >= 4 is 29.7 Å². The molecule has 5 unspecified atom stereocenters. The molecule has 0 saturated carbocycles. The topological polar surface area (TPSA) is 228 Å². The largest absolute Gasteiger partial charge is 0.481 e. The second-order valence-corrected chi connectivity index (χ2v) is 6.08. The van der Waals surface area contributed by atoms with Gasteiger partial charge in [-0.15, -0.1) is 0 Å². The first-order chi connectivity index (χ1) is 12.9. The van der Waals surface area contributed by atoms with Crippen LogP contribution >= 0.6 is 0 Å². The molecule has 0 aliphatic heterocycles. The summed E-state index contributed by atoms with van der Waals surface area (Å²) in [5.41, 5.74) is 5.31. The van der Waals surface area contributed by atoms with E-state index in [2.05, 4.69) is 16.0 Å². The number of aliphatic hydroxyl groups excluding tert-OH is 2. The predicted octanol–water partition coefficient (Wildman–Crippen LogP) is -3.89. The molecule has 0 aliphatic carbocycles. The Morgan fingerprint density at radius 2 is 1.50 bits per heavy atom. The van der Waals surface area contributed by atoms with Crippen molar-refractivity contribution < 1.29 is 44.4 Å². The molecule has 0 saturated heterocycles. The molecule has 0 rings (SSSR count). The van der Waals surface area contributed by atoms with Gasteiger partial charge in [0.1, 0.15) is 24.2 Å². The first-order valence-electron chi connectivity index (χ1n) is 8.30. The lowest BCUT2D eigenvalue weighted by molar-refractivity contribution is -0.143. The zero-order valence-corrected chi connectivity index (χ0v) is 15.4. The van der Waals surface area contributed by atoms with E-state index in [0.717, 1.165) is 0 Å². The number of hydrogen-bond donors (Lipinski definition) is 8. The van der Waals surface area contributed by atoms with Crippen LogP contribution in [0.15, 0.2) is 0 Å². The number of amides is 3. The van der Waals surface area contributed by atoms with Gasteiger partial charge in [-0.2, -0.15) is 0 Å². The van der Waals surface area contributed by atoms with E-state index in [9.17, 15) is 29.1 Å². The Balaban J connectivity index is 4.93. The molecule has 0 bridgehead atoms. The first-order valence-corrected chi connectivity index (χ1v) is 8.30. The van der Waals surface area contributed by atoms with Crippen LogP contribution in [0.1, 0.15) is 26.7 Å². The van der Waals surface area contributed by atoms with Gasteiger partial charge in [-0.1, -0.05) is 0 Å². The fourth-order valence-electron chi connectivity index (χ4n) is 1.94. The highest BCUT2D eigenvalue weighted by atomic mass is 16.4. The highest BCUT2D eigenvalue weighted by Gasteiger charge is 2.30. The summed E-state index contributed by atoms with van der Waals surface area (Å²) in [4.78, 5) is 57.6. The van der Waals surface area contributed by atoms with Crippen LogP contribution in [0.3, 0.4) is 0 Å². The van der Waals surface area contributed by atoms with Gasteiger partial charge in [0.15, 0.2) is 0 Å². The minimum Gasteiger partial charge on any atom is -0.481 e. The van der Waals surface area contributed by atoms with Gasteiger partial charge >= 0.3 is 11.9 Å². The fraction of sp³-hybridized carbons (Fsp3) is 0.667. The SMILES string of the molecule is CC(NC(=O)C(NC(=O)C(N)CO)C(C)O)C(=O)NC(CCC(=O)O)C(=O)O. The Labute approximate surface area is 160 Å². The maximum Gasteiger partial charge on any atom is 0.326 e. The van der Waals surface area contributed by atoms with Crippen LogP contribution in [0.4, 0.5) is 0 Å². The fourth-order valence-corrected chi connectivity index (χ4v) is 1.94. The molecule has 0 aromatic carbocycles. The summed E-state index contributed by atoms with van der Waals surface area (Å²) in [7, 11) is 0. The molecule has 3 amide bonds. The van der Waals surface area contributed by atoms with E-state index in [1.165, 1.54) is 13.8 Å². The van der Waals surface area contributed by atoms with Crippen LogP contribution < -0.4 is 21.7 Å². The van der Waals surface area contributed by atoms with Crippen molar-refractivity contribution in [3.8, 4) is 0 Å². The third kappa shape index (κ3) is 8.75. The van der Waals surface area contributed by atoms with Crippen LogP contribution in [0.5, 0.6) is 0 Å². The van der Waals surface area contributed by atoms with Gasteiger partial charge in [0.25, 0.3) is 0 Å². The molecule has 0 fully saturated rings. The molecule has 0 aromatic rings. The lowest BCUT2D eigenvalue weighted by atomic mass is 10.1. The smallest absolute Gasteiger partial charge is 0.326 e. The maximum absolute atomic E-state index is 12.2. The van der Waals surface area contributed by atoms with Crippen molar-refractivity contribution in [1.82, 2.24) is 16.0 Å². The molecule has 0 aliphatic rings. The average Bonchev–Trinajstić information content (AvgIpc) is 2.60. The van der Waals surface area contributed by atoms with Crippen molar-refractivity contribution in [2.24, 2.45) is 5.73 Å². The standard InChI is InChI=1S/C15H26N4O9/c1-6(12(24)18-9(15(27)28)3-4-10(22)23)17-14(26)11(7(2)21)19-13(25)8(16)5-20/h6-9,11,20-21H,3-5,16H2,1-2H3,(H,17,26)(H,18,24)(H,19,25)(H,22,23)(H,27,28). The van der Waals surface area contributed by atoms with Crippen LogP contribution in [-0.2, 0) is 24.0 Å². The van der Waals surface area contributed by atoms with Gasteiger partial charge in [0, 0.05) is 6.42 Å². The van der Waals surface area contributed by atoms with Crippen molar-refractivity contribution in [1.29, 1.82) is 0 Å². The molecule has 0 spiro atoms. The van der Waals surface area contributed by atoms with Crippen molar-refractivity contribution in [3.63, 3.8) is 0 Å². The molecular weight excluding hydrogens is 380 g/mol. The number of aliphatic carboxylic acids is 2. The second kappa shape index (κ2) is 11.8. The summed E-state index contributed by atoms with van der Waals surface area (Å²) in [5, 5.41) is 42.5. The number of carbonyl (C=O) groups is 5. The van der Waals surface area contributed by atoms with Gasteiger partial charge in [-0.3, -0.25) is 19.2 Å². The molecule has 13 nitrogen and oxygen atoms in total. The molecule has 28 heavy (non-hydrogen) atoms. The van der Waals surface area contributed by atoms with Gasteiger partial charge < -0.3 is 42.1 Å². The maximum atomic E-state index is 12.2. The van der Waals surface area contributed by atoms with E-state index in [0.29, 0.717) is 0 Å².